The number of amides is 1. The largest absolute Gasteiger partial charge is 0.378 e. The summed E-state index contributed by atoms with van der Waals surface area (Å²) in [4.78, 5) is 26.3. The Hall–Kier alpha value is -2.79. The molecule has 0 spiro atoms. The number of hydrogen-bond donors (Lipinski definition) is 1. The zero-order chi connectivity index (χ0) is 20.6. The molecule has 1 aliphatic heterocycles. The Morgan fingerprint density at radius 2 is 1.96 bits per heavy atom. The number of hydrogen-bond acceptors (Lipinski definition) is 5. The van der Waals surface area contributed by atoms with Gasteiger partial charge in [0.1, 0.15) is 11.6 Å². The summed E-state index contributed by atoms with van der Waals surface area (Å²) in [5.41, 5.74) is -0.522. The van der Waals surface area contributed by atoms with Crippen molar-refractivity contribution in [2.24, 2.45) is 0 Å². The number of nitrogens with zero attached hydrogens (tertiary/aromatic N) is 2. The fraction of sp³-hybridized carbons (Fsp3) is 0.450. The molecular formula is C20H21F2N3O3. The van der Waals surface area contributed by atoms with E-state index in [1.807, 2.05) is 17.9 Å². The van der Waals surface area contributed by atoms with E-state index < -0.39 is 35.3 Å². The van der Waals surface area contributed by atoms with Gasteiger partial charge in [0.15, 0.2) is 17.4 Å². The van der Waals surface area contributed by atoms with Crippen LogP contribution in [0.15, 0.2) is 11.6 Å². The molecule has 148 valence electrons. The van der Waals surface area contributed by atoms with Crippen LogP contribution in [0.25, 0.3) is 5.70 Å². The summed E-state index contributed by atoms with van der Waals surface area (Å²) in [7, 11) is 2.94. The Morgan fingerprint density at radius 3 is 2.50 bits per heavy atom. The van der Waals surface area contributed by atoms with Gasteiger partial charge < -0.3 is 15.0 Å². The second kappa shape index (κ2) is 7.32. The molecule has 3 rings (SSSR count). The highest BCUT2D eigenvalue weighted by atomic mass is 19.2. The van der Waals surface area contributed by atoms with Crippen molar-refractivity contribution in [1.82, 2.24) is 10.2 Å². The van der Waals surface area contributed by atoms with E-state index in [2.05, 4.69) is 5.32 Å². The van der Waals surface area contributed by atoms with Crippen molar-refractivity contribution in [2.45, 2.75) is 31.8 Å². The number of nitrogens with one attached hydrogen (secondary N) is 1. The van der Waals surface area contributed by atoms with E-state index >= 15 is 0 Å². The summed E-state index contributed by atoms with van der Waals surface area (Å²) in [5, 5.41) is 11.8. The molecule has 1 heterocycles. The van der Waals surface area contributed by atoms with Crippen LogP contribution in [-0.4, -0.2) is 49.4 Å². The number of ether oxygens (including phenoxy) is 1. The highest BCUT2D eigenvalue weighted by Gasteiger charge is 2.37. The third-order valence-electron chi connectivity index (χ3n) is 5.63. The van der Waals surface area contributed by atoms with Gasteiger partial charge in [0.25, 0.3) is 5.91 Å². The maximum absolute atomic E-state index is 14.7. The van der Waals surface area contributed by atoms with E-state index in [1.165, 1.54) is 13.1 Å². The summed E-state index contributed by atoms with van der Waals surface area (Å²) in [6.07, 6.45) is 0.866. The zero-order valence-corrected chi connectivity index (χ0v) is 16.0. The third-order valence-corrected chi connectivity index (χ3v) is 5.63. The van der Waals surface area contributed by atoms with Crippen LogP contribution < -0.4 is 5.32 Å². The average Bonchev–Trinajstić information content (AvgIpc) is 2.70. The molecule has 0 aromatic heterocycles. The summed E-state index contributed by atoms with van der Waals surface area (Å²) in [6.45, 7) is 2.93. The van der Waals surface area contributed by atoms with Crippen molar-refractivity contribution in [2.75, 3.05) is 27.2 Å². The van der Waals surface area contributed by atoms with Crippen molar-refractivity contribution >= 4 is 17.4 Å². The van der Waals surface area contributed by atoms with Crippen molar-refractivity contribution < 1.29 is 23.1 Å². The van der Waals surface area contributed by atoms with Gasteiger partial charge in [-0.25, -0.2) is 8.78 Å². The van der Waals surface area contributed by atoms with Gasteiger partial charge in [-0.1, -0.05) is 0 Å². The lowest BCUT2D eigenvalue weighted by molar-refractivity contribution is -0.114. The topological polar surface area (TPSA) is 82.4 Å². The van der Waals surface area contributed by atoms with E-state index in [1.54, 1.807) is 7.11 Å². The average molecular weight is 389 g/mol. The number of rotatable bonds is 3. The van der Waals surface area contributed by atoms with Crippen LogP contribution in [0.5, 0.6) is 0 Å². The standard InChI is InChI=1S/C20H21F2N3O3/c1-20(28-3)4-6-25(7-5-20)18-12-8-13(19(27)24-2)17(22)16(21)11(12)9-15(26)14(18)10-23/h8H,4-7,9H2,1-3H3,(H,24,27). The first-order valence-corrected chi connectivity index (χ1v) is 8.97. The molecule has 1 amide bonds. The lowest BCUT2D eigenvalue weighted by Gasteiger charge is -2.41. The molecule has 0 bridgehead atoms. The van der Waals surface area contributed by atoms with E-state index in [-0.39, 0.29) is 28.0 Å². The van der Waals surface area contributed by atoms with Crippen molar-refractivity contribution in [3.8, 4) is 6.07 Å². The van der Waals surface area contributed by atoms with Gasteiger partial charge in [-0.3, -0.25) is 9.59 Å². The van der Waals surface area contributed by atoms with Gasteiger partial charge in [0.2, 0.25) is 0 Å². The van der Waals surface area contributed by atoms with Crippen molar-refractivity contribution in [3.05, 3.63) is 40.0 Å². The van der Waals surface area contributed by atoms with E-state index in [0.29, 0.717) is 25.9 Å². The molecule has 1 saturated heterocycles. The molecule has 1 aliphatic carbocycles. The summed E-state index contributed by atoms with van der Waals surface area (Å²) in [6, 6.07) is 3.15. The van der Waals surface area contributed by atoms with Gasteiger partial charge >= 0.3 is 0 Å². The van der Waals surface area contributed by atoms with E-state index in [9.17, 15) is 23.6 Å². The first kappa shape index (κ1) is 20.0. The summed E-state index contributed by atoms with van der Waals surface area (Å²) in [5.74, 6) is -3.86. The van der Waals surface area contributed by atoms with Crippen LogP contribution in [0.3, 0.4) is 0 Å². The van der Waals surface area contributed by atoms with Crippen LogP contribution in [0.1, 0.15) is 41.3 Å². The minimum Gasteiger partial charge on any atom is -0.378 e. The number of likely N-dealkylation sites (tertiary alicyclic amines) is 1. The lowest BCUT2D eigenvalue weighted by atomic mass is 9.84. The molecular weight excluding hydrogens is 368 g/mol. The van der Waals surface area contributed by atoms with E-state index in [0.717, 1.165) is 0 Å². The smallest absolute Gasteiger partial charge is 0.254 e. The van der Waals surface area contributed by atoms with Gasteiger partial charge in [-0.05, 0) is 25.8 Å². The number of Topliss-reactive ketones (excluding diaryl/α,β-unsaturated/α-hetero) is 1. The number of methoxy groups -OCH3 is 1. The van der Waals surface area contributed by atoms with Gasteiger partial charge in [-0.15, -0.1) is 0 Å². The molecule has 6 nitrogen and oxygen atoms in total. The van der Waals surface area contributed by atoms with Gasteiger partial charge in [0.05, 0.1) is 16.9 Å². The molecule has 0 unspecified atom stereocenters. The van der Waals surface area contributed by atoms with Crippen molar-refractivity contribution in [3.63, 3.8) is 0 Å². The maximum Gasteiger partial charge on any atom is 0.254 e. The Kier molecular flexibility index (Phi) is 5.22. The SMILES string of the molecule is CNC(=O)c1cc2c(c(F)c1F)CC(=O)C(C#N)=C2N1CCC(C)(OC)CC1. The van der Waals surface area contributed by atoms with Crippen LogP contribution in [0.4, 0.5) is 8.78 Å². The van der Waals surface area contributed by atoms with Crippen LogP contribution in [-0.2, 0) is 16.0 Å². The lowest BCUT2D eigenvalue weighted by Crippen LogP contribution is -2.44. The Labute approximate surface area is 161 Å². The molecule has 0 atom stereocenters. The Bertz CT molecular complexity index is 926. The quantitative estimate of drug-likeness (QED) is 0.857. The maximum atomic E-state index is 14.7. The second-order valence-corrected chi connectivity index (χ2v) is 7.23. The zero-order valence-electron chi connectivity index (χ0n) is 16.0. The molecule has 0 saturated carbocycles. The number of benzene rings is 1. The fourth-order valence-electron chi connectivity index (χ4n) is 3.71. The molecule has 2 aliphatic rings. The minimum atomic E-state index is -1.30. The predicted octanol–water partition coefficient (Wildman–Crippen LogP) is 2.19. The Balaban J connectivity index is 2.16. The number of halogens is 2. The normalized spacial score (nSPS) is 18.6. The molecule has 1 aromatic carbocycles. The number of allylic oxidation sites excluding steroid dienone is 1. The van der Waals surface area contributed by atoms with Crippen LogP contribution in [0, 0.1) is 23.0 Å². The summed E-state index contributed by atoms with van der Waals surface area (Å²) < 4.78 is 34.6. The number of piperidine rings is 1. The number of ketones is 1. The molecule has 1 N–H and O–H groups in total. The monoisotopic (exact) mass is 389 g/mol. The molecule has 1 fully saturated rings. The molecule has 0 radical (unpaired) electrons. The second-order valence-electron chi connectivity index (χ2n) is 7.23. The van der Waals surface area contributed by atoms with Gasteiger partial charge in [-0.2, -0.15) is 5.26 Å². The fourth-order valence-corrected chi connectivity index (χ4v) is 3.71. The first-order valence-electron chi connectivity index (χ1n) is 8.97. The van der Waals surface area contributed by atoms with E-state index in [4.69, 9.17) is 4.74 Å². The van der Waals surface area contributed by atoms with Gasteiger partial charge in [0, 0.05) is 44.8 Å². The predicted molar refractivity (Wildman–Crippen MR) is 97.2 cm³/mol. The highest BCUT2D eigenvalue weighted by molar-refractivity contribution is 6.10. The number of carbonyl (C=O) groups excluding carboxylic acids is 2. The minimum absolute atomic E-state index is 0.0950. The Morgan fingerprint density at radius 1 is 1.32 bits per heavy atom. The number of nitriles is 1. The first-order chi connectivity index (χ1) is 13.3. The van der Waals surface area contributed by atoms with Crippen LogP contribution >= 0.6 is 0 Å². The molecule has 8 heteroatoms. The highest BCUT2D eigenvalue weighted by Crippen LogP contribution is 2.38. The molecule has 1 aromatic rings. The molecule has 28 heavy (non-hydrogen) atoms. The van der Waals surface area contributed by atoms with Crippen LogP contribution in [0.2, 0.25) is 0 Å². The third kappa shape index (κ3) is 3.16. The number of fused-ring (bicyclic) bond motifs is 1. The van der Waals surface area contributed by atoms with Crippen molar-refractivity contribution in [1.29, 1.82) is 5.26 Å². The summed E-state index contributed by atoms with van der Waals surface area (Å²) >= 11 is 0. The number of carbonyl (C=O) groups is 2.